The fourth-order valence-electron chi connectivity index (χ4n) is 4.91. The van der Waals surface area contributed by atoms with Crippen LogP contribution in [0, 0.1) is 5.82 Å². The van der Waals surface area contributed by atoms with Crippen molar-refractivity contribution >= 4 is 11.9 Å². The first-order chi connectivity index (χ1) is 17.4. The van der Waals surface area contributed by atoms with Crippen LogP contribution in [0.5, 0.6) is 0 Å². The number of aldehydes is 1. The fraction of sp³-hybridized carbons (Fsp3) is 0.519. The number of nitrogens with one attached hydrogen (secondary N) is 1. The lowest BCUT2D eigenvalue weighted by Gasteiger charge is -2.34. The number of likely N-dealkylation sites (tertiary alicyclic amines) is 1. The van der Waals surface area contributed by atoms with Crippen molar-refractivity contribution in [2.45, 2.75) is 76.9 Å². The molecular weight excluding hydrogens is 467 g/mol. The minimum absolute atomic E-state index is 0.256. The molecule has 1 aliphatic carbocycles. The maximum absolute atomic E-state index is 13.2. The Bertz CT molecular complexity index is 1080. The summed E-state index contributed by atoms with van der Waals surface area (Å²) >= 11 is 0. The first-order valence-corrected chi connectivity index (χ1v) is 12.6. The van der Waals surface area contributed by atoms with Crippen LogP contribution in [0.25, 0.3) is 5.65 Å². The third-order valence-electron chi connectivity index (χ3n) is 6.79. The van der Waals surface area contributed by atoms with E-state index in [0.29, 0.717) is 5.56 Å². The lowest BCUT2D eigenvalue weighted by atomic mass is 9.94. The molecule has 6 nitrogen and oxygen atoms in total. The van der Waals surface area contributed by atoms with E-state index in [1.54, 1.807) is 29.9 Å². The van der Waals surface area contributed by atoms with Crippen molar-refractivity contribution in [3.05, 3.63) is 65.4 Å². The van der Waals surface area contributed by atoms with E-state index in [-0.39, 0.29) is 12.1 Å². The van der Waals surface area contributed by atoms with Gasteiger partial charge in [0.2, 0.25) is 0 Å². The Labute approximate surface area is 210 Å². The number of alkyl halides is 2. The van der Waals surface area contributed by atoms with Gasteiger partial charge in [0.15, 0.2) is 11.9 Å². The van der Waals surface area contributed by atoms with E-state index in [1.807, 2.05) is 0 Å². The van der Waals surface area contributed by atoms with E-state index >= 15 is 0 Å². The highest BCUT2D eigenvalue weighted by Crippen LogP contribution is 2.28. The summed E-state index contributed by atoms with van der Waals surface area (Å²) < 4.78 is 39.1. The van der Waals surface area contributed by atoms with Gasteiger partial charge in [-0.15, -0.1) is 0 Å². The molecular formula is C27H36F3N5O. The molecule has 36 heavy (non-hydrogen) atoms. The highest BCUT2D eigenvalue weighted by molar-refractivity contribution is 5.74. The summed E-state index contributed by atoms with van der Waals surface area (Å²) in [5.41, 5.74) is 1.08. The van der Waals surface area contributed by atoms with Crippen molar-refractivity contribution in [1.29, 1.82) is 0 Å². The number of hydrogen-bond donors (Lipinski definition) is 1. The van der Waals surface area contributed by atoms with Crippen LogP contribution in [0.2, 0.25) is 0 Å². The summed E-state index contributed by atoms with van der Waals surface area (Å²) in [4.78, 5) is 17.0. The number of fused-ring (bicyclic) bond motifs is 1. The van der Waals surface area contributed by atoms with Gasteiger partial charge in [-0.3, -0.25) is 9.69 Å². The van der Waals surface area contributed by atoms with Gasteiger partial charge in [-0.25, -0.2) is 22.7 Å². The Hall–Kier alpha value is -2.78. The van der Waals surface area contributed by atoms with E-state index in [9.17, 15) is 18.0 Å². The summed E-state index contributed by atoms with van der Waals surface area (Å²) in [5.74, 6) is -0.813. The molecule has 0 amide bonds. The number of nitrogens with zero attached hydrogens (tertiary/aromatic N) is 4. The SMILES string of the molecule is CC1CCCN1C1CCCCC1.CNCc1cccc(C(F)F)c1F.O=Cc1ccc2ncnn2c1. The van der Waals surface area contributed by atoms with Crippen molar-refractivity contribution in [3.63, 3.8) is 0 Å². The lowest BCUT2D eigenvalue weighted by Crippen LogP contribution is -2.38. The molecule has 1 aliphatic heterocycles. The zero-order valence-electron chi connectivity index (χ0n) is 21.0. The number of hydrogen-bond acceptors (Lipinski definition) is 5. The van der Waals surface area contributed by atoms with Gasteiger partial charge in [-0.05, 0) is 58.3 Å². The molecule has 2 aromatic heterocycles. The second-order valence-electron chi connectivity index (χ2n) is 9.32. The number of rotatable bonds is 5. The molecule has 1 saturated heterocycles. The fourth-order valence-corrected chi connectivity index (χ4v) is 4.91. The molecule has 3 heterocycles. The third kappa shape index (κ3) is 7.61. The van der Waals surface area contributed by atoms with Crippen LogP contribution in [0.15, 0.2) is 42.9 Å². The Balaban J connectivity index is 0.000000151. The molecule has 2 aliphatic rings. The van der Waals surface area contributed by atoms with Crippen LogP contribution in [0.1, 0.15) is 79.8 Å². The van der Waals surface area contributed by atoms with E-state index in [0.717, 1.165) is 30.1 Å². The van der Waals surface area contributed by atoms with Crippen LogP contribution >= 0.6 is 0 Å². The smallest absolute Gasteiger partial charge is 0.266 e. The number of carbonyl (C=O) groups excluding carboxylic acids is 1. The van der Waals surface area contributed by atoms with Gasteiger partial charge in [0.25, 0.3) is 6.43 Å². The first kappa shape index (κ1) is 27.8. The van der Waals surface area contributed by atoms with E-state index in [4.69, 9.17) is 0 Å². The average molecular weight is 504 g/mol. The monoisotopic (exact) mass is 503 g/mol. The molecule has 1 saturated carbocycles. The standard InChI is InChI=1S/C11H21N.C9H10F3N.C7H5N3O/c1-10-6-5-9-12(10)11-7-3-2-4-8-11;1-13-5-6-3-2-4-7(8(6)10)9(11)12;11-4-6-1-2-7-8-5-9-10(7)3-6/h10-11H,2-9H2,1H3;2-4,9,13H,5H2,1H3;1-5H. The molecule has 9 heteroatoms. The summed E-state index contributed by atoms with van der Waals surface area (Å²) in [6.45, 7) is 4.04. The molecule has 1 atom stereocenters. The van der Waals surface area contributed by atoms with Gasteiger partial charge in [-0.1, -0.05) is 37.5 Å². The molecule has 3 aromatic rings. The number of pyridine rings is 1. The predicted octanol–water partition coefficient (Wildman–Crippen LogP) is 5.83. The van der Waals surface area contributed by atoms with Gasteiger partial charge in [-0.2, -0.15) is 5.10 Å². The van der Waals surface area contributed by atoms with Crippen LogP contribution in [-0.4, -0.2) is 51.5 Å². The Kier molecular flexibility index (Phi) is 10.9. The second-order valence-corrected chi connectivity index (χ2v) is 9.32. The van der Waals surface area contributed by atoms with Gasteiger partial charge in [0.1, 0.15) is 12.1 Å². The highest BCUT2D eigenvalue weighted by Gasteiger charge is 2.28. The summed E-state index contributed by atoms with van der Waals surface area (Å²) in [7, 11) is 1.63. The average Bonchev–Trinajstić information content (AvgIpc) is 3.55. The van der Waals surface area contributed by atoms with E-state index < -0.39 is 17.8 Å². The van der Waals surface area contributed by atoms with Crippen LogP contribution < -0.4 is 5.32 Å². The summed E-state index contributed by atoms with van der Waals surface area (Å²) in [6.07, 6.45) is 11.4. The maximum atomic E-state index is 13.2. The zero-order valence-corrected chi connectivity index (χ0v) is 21.0. The molecule has 5 rings (SSSR count). The van der Waals surface area contributed by atoms with Gasteiger partial charge >= 0.3 is 0 Å². The largest absolute Gasteiger partial charge is 0.316 e. The van der Waals surface area contributed by atoms with Crippen LogP contribution in [-0.2, 0) is 6.54 Å². The number of halogens is 3. The van der Waals surface area contributed by atoms with E-state index in [2.05, 4.69) is 27.2 Å². The molecule has 2 fully saturated rings. The second kappa shape index (κ2) is 14.1. The van der Waals surface area contributed by atoms with Gasteiger partial charge in [0.05, 0.1) is 5.56 Å². The van der Waals surface area contributed by atoms with Gasteiger partial charge in [0, 0.05) is 36.0 Å². The number of aromatic nitrogens is 3. The molecule has 0 radical (unpaired) electrons. The molecule has 196 valence electrons. The Morgan fingerprint density at radius 1 is 1.11 bits per heavy atom. The molecule has 1 aromatic carbocycles. The third-order valence-corrected chi connectivity index (χ3v) is 6.79. The Morgan fingerprint density at radius 2 is 1.89 bits per heavy atom. The molecule has 0 bridgehead atoms. The van der Waals surface area contributed by atoms with Crippen molar-refractivity contribution in [2.75, 3.05) is 13.6 Å². The Morgan fingerprint density at radius 3 is 2.53 bits per heavy atom. The van der Waals surface area contributed by atoms with Gasteiger partial charge < -0.3 is 5.32 Å². The van der Waals surface area contributed by atoms with Crippen LogP contribution in [0.3, 0.4) is 0 Å². The zero-order chi connectivity index (χ0) is 25.9. The highest BCUT2D eigenvalue weighted by atomic mass is 19.3. The summed E-state index contributed by atoms with van der Waals surface area (Å²) in [6, 6.07) is 9.30. The maximum Gasteiger partial charge on any atom is 0.266 e. The summed E-state index contributed by atoms with van der Waals surface area (Å²) in [5, 5.41) is 6.58. The van der Waals surface area contributed by atoms with Crippen LogP contribution in [0.4, 0.5) is 13.2 Å². The van der Waals surface area contributed by atoms with Crippen molar-refractivity contribution < 1.29 is 18.0 Å². The normalized spacial score (nSPS) is 18.4. The van der Waals surface area contributed by atoms with Crippen molar-refractivity contribution in [3.8, 4) is 0 Å². The molecule has 0 spiro atoms. The minimum Gasteiger partial charge on any atom is -0.316 e. The minimum atomic E-state index is -2.75. The van der Waals surface area contributed by atoms with Crippen molar-refractivity contribution in [1.82, 2.24) is 24.8 Å². The quantitative estimate of drug-likeness (QED) is 0.444. The predicted molar refractivity (Wildman–Crippen MR) is 135 cm³/mol. The molecule has 1 unspecified atom stereocenters. The lowest BCUT2D eigenvalue weighted by molar-refractivity contribution is 0.112. The first-order valence-electron chi connectivity index (χ1n) is 12.6. The van der Waals surface area contributed by atoms with E-state index in [1.165, 1.54) is 70.0 Å². The topological polar surface area (TPSA) is 62.5 Å². The number of benzene rings is 1. The molecule has 1 N–H and O–H groups in total. The van der Waals surface area contributed by atoms with Crippen molar-refractivity contribution in [2.24, 2.45) is 0 Å². The number of carbonyl (C=O) groups is 1.